The molecule has 4 nitrogen and oxygen atoms in total. The normalized spacial score (nSPS) is 11.9. The molecule has 20 heavy (non-hydrogen) atoms. The fourth-order valence-electron chi connectivity index (χ4n) is 1.82. The zero-order valence-electron chi connectivity index (χ0n) is 11.6. The number of H-pyrrole nitrogens is 1. The number of aromatic nitrogens is 1. The first-order chi connectivity index (χ1) is 9.61. The number of hydrogen-bond acceptors (Lipinski definition) is 2. The van der Waals surface area contributed by atoms with Crippen LogP contribution < -0.4 is 5.32 Å². The summed E-state index contributed by atoms with van der Waals surface area (Å²) in [7, 11) is 0. The summed E-state index contributed by atoms with van der Waals surface area (Å²) in [5.41, 5.74) is 1.51. The van der Waals surface area contributed by atoms with E-state index in [2.05, 4.69) is 10.3 Å². The Morgan fingerprint density at radius 1 is 1.20 bits per heavy atom. The summed E-state index contributed by atoms with van der Waals surface area (Å²) in [4.78, 5) is 27.0. The van der Waals surface area contributed by atoms with Crippen molar-refractivity contribution in [2.75, 3.05) is 0 Å². The van der Waals surface area contributed by atoms with Crippen molar-refractivity contribution in [3.63, 3.8) is 0 Å². The highest BCUT2D eigenvalue weighted by molar-refractivity contribution is 6.10. The monoisotopic (exact) mass is 270 g/mol. The molecular weight excluding hydrogens is 252 g/mol. The molecule has 1 amide bonds. The van der Waals surface area contributed by atoms with Gasteiger partial charge in [0.05, 0.1) is 0 Å². The molecule has 104 valence electrons. The van der Waals surface area contributed by atoms with Crippen molar-refractivity contribution in [3.05, 3.63) is 59.4 Å². The third kappa shape index (κ3) is 3.15. The Morgan fingerprint density at radius 3 is 2.55 bits per heavy atom. The van der Waals surface area contributed by atoms with Crippen LogP contribution in [-0.2, 0) is 0 Å². The average molecular weight is 270 g/mol. The molecule has 2 N–H and O–H groups in total. The van der Waals surface area contributed by atoms with E-state index in [0.29, 0.717) is 16.8 Å². The Bertz CT molecular complexity index is 602. The Labute approximate surface area is 118 Å². The van der Waals surface area contributed by atoms with Gasteiger partial charge >= 0.3 is 0 Å². The minimum absolute atomic E-state index is 0.0931. The van der Waals surface area contributed by atoms with Gasteiger partial charge in [0.15, 0.2) is 5.78 Å². The fraction of sp³-hybridized carbons (Fsp3) is 0.250. The zero-order chi connectivity index (χ0) is 14.5. The number of carbonyl (C=O) groups excluding carboxylic acids is 2. The van der Waals surface area contributed by atoms with Gasteiger partial charge in [-0.1, -0.05) is 37.3 Å². The van der Waals surface area contributed by atoms with Crippen LogP contribution in [-0.4, -0.2) is 22.7 Å². The first-order valence-electron chi connectivity index (χ1n) is 6.71. The first-order valence-corrected chi connectivity index (χ1v) is 6.71. The van der Waals surface area contributed by atoms with Crippen LogP contribution in [0.5, 0.6) is 0 Å². The Hall–Kier alpha value is -2.36. The number of hydrogen-bond donors (Lipinski definition) is 2. The second-order valence-electron chi connectivity index (χ2n) is 4.78. The minimum Gasteiger partial charge on any atom is -0.356 e. The average Bonchev–Trinajstić information content (AvgIpc) is 2.97. The van der Waals surface area contributed by atoms with Crippen molar-refractivity contribution >= 4 is 11.7 Å². The quantitative estimate of drug-likeness (QED) is 0.821. The van der Waals surface area contributed by atoms with Crippen molar-refractivity contribution in [1.82, 2.24) is 10.3 Å². The zero-order valence-corrected chi connectivity index (χ0v) is 11.6. The Morgan fingerprint density at radius 2 is 1.90 bits per heavy atom. The topological polar surface area (TPSA) is 62.0 Å². The summed E-state index contributed by atoms with van der Waals surface area (Å²) >= 11 is 0. The lowest BCUT2D eigenvalue weighted by atomic mass is 10.1. The molecule has 1 atom stereocenters. The minimum atomic E-state index is -0.188. The van der Waals surface area contributed by atoms with Gasteiger partial charge in [-0.3, -0.25) is 9.59 Å². The number of aromatic amines is 1. The maximum absolute atomic E-state index is 12.2. The molecule has 0 spiro atoms. The first kappa shape index (κ1) is 14.1. The number of benzene rings is 1. The number of rotatable bonds is 5. The molecule has 0 saturated carbocycles. The number of ketones is 1. The molecule has 0 radical (unpaired) electrons. The summed E-state index contributed by atoms with van der Waals surface area (Å²) in [6.07, 6.45) is 2.43. The summed E-state index contributed by atoms with van der Waals surface area (Å²) in [5.74, 6) is -0.282. The summed E-state index contributed by atoms with van der Waals surface area (Å²) < 4.78 is 0. The standard InChI is InChI=1S/C16H18N2O2/c1-3-11(2)18-16(20)14-9-13(10-17-14)15(19)12-7-5-4-6-8-12/h4-11,17H,3H2,1-2H3,(H,18,20)/t11-/m1/s1. The van der Waals surface area contributed by atoms with Crippen LogP contribution >= 0.6 is 0 Å². The van der Waals surface area contributed by atoms with Gasteiger partial charge in [-0.2, -0.15) is 0 Å². The van der Waals surface area contributed by atoms with E-state index < -0.39 is 0 Å². The molecular formula is C16H18N2O2. The van der Waals surface area contributed by atoms with E-state index in [1.807, 2.05) is 32.0 Å². The van der Waals surface area contributed by atoms with Crippen molar-refractivity contribution in [2.45, 2.75) is 26.3 Å². The SMILES string of the molecule is CC[C@@H](C)NC(=O)c1cc(C(=O)c2ccccc2)c[nH]1. The van der Waals surface area contributed by atoms with Crippen molar-refractivity contribution in [3.8, 4) is 0 Å². The predicted octanol–water partition coefficient (Wildman–Crippen LogP) is 2.77. The molecule has 1 heterocycles. The summed E-state index contributed by atoms with van der Waals surface area (Å²) in [6, 6.07) is 10.7. The molecule has 0 fully saturated rings. The fourth-order valence-corrected chi connectivity index (χ4v) is 1.82. The Balaban J connectivity index is 2.13. The highest BCUT2D eigenvalue weighted by Crippen LogP contribution is 2.11. The van der Waals surface area contributed by atoms with Crippen LogP contribution in [0.3, 0.4) is 0 Å². The molecule has 2 aromatic rings. The molecule has 2 rings (SSSR count). The van der Waals surface area contributed by atoms with Crippen molar-refractivity contribution in [1.29, 1.82) is 0 Å². The molecule has 0 aliphatic heterocycles. The highest BCUT2D eigenvalue weighted by atomic mass is 16.2. The van der Waals surface area contributed by atoms with Crippen LogP contribution in [0.4, 0.5) is 0 Å². The largest absolute Gasteiger partial charge is 0.356 e. The van der Waals surface area contributed by atoms with Crippen molar-refractivity contribution < 1.29 is 9.59 Å². The molecule has 0 aliphatic carbocycles. The van der Waals surface area contributed by atoms with Gasteiger partial charge in [0, 0.05) is 23.4 Å². The van der Waals surface area contributed by atoms with Gasteiger partial charge in [-0.25, -0.2) is 0 Å². The third-order valence-corrected chi connectivity index (χ3v) is 3.22. The lowest BCUT2D eigenvalue weighted by molar-refractivity contribution is 0.0934. The maximum atomic E-state index is 12.2. The Kier molecular flexibility index (Phi) is 4.35. The van der Waals surface area contributed by atoms with Gasteiger partial charge in [0.2, 0.25) is 0 Å². The lowest BCUT2D eigenvalue weighted by Crippen LogP contribution is -2.32. The maximum Gasteiger partial charge on any atom is 0.267 e. The lowest BCUT2D eigenvalue weighted by Gasteiger charge is -2.09. The van der Waals surface area contributed by atoms with E-state index in [-0.39, 0.29) is 17.7 Å². The van der Waals surface area contributed by atoms with Gasteiger partial charge in [0.25, 0.3) is 5.91 Å². The third-order valence-electron chi connectivity index (χ3n) is 3.22. The number of carbonyl (C=O) groups is 2. The highest BCUT2D eigenvalue weighted by Gasteiger charge is 2.15. The molecule has 0 aliphatic rings. The summed E-state index contributed by atoms with van der Waals surface area (Å²) in [6.45, 7) is 3.95. The molecule has 0 unspecified atom stereocenters. The van der Waals surface area contributed by atoms with E-state index >= 15 is 0 Å². The number of nitrogens with one attached hydrogen (secondary N) is 2. The van der Waals surface area contributed by atoms with Crippen LogP contribution in [0.2, 0.25) is 0 Å². The van der Waals surface area contributed by atoms with Gasteiger partial charge in [-0.15, -0.1) is 0 Å². The molecule has 0 saturated heterocycles. The van der Waals surface area contributed by atoms with Crippen LogP contribution in [0.15, 0.2) is 42.6 Å². The van der Waals surface area contributed by atoms with Gasteiger partial charge in [-0.05, 0) is 19.4 Å². The second kappa shape index (κ2) is 6.19. The second-order valence-corrected chi connectivity index (χ2v) is 4.78. The van der Waals surface area contributed by atoms with Gasteiger partial charge in [0.1, 0.15) is 5.69 Å². The molecule has 4 heteroatoms. The predicted molar refractivity (Wildman–Crippen MR) is 77.9 cm³/mol. The molecule has 0 bridgehead atoms. The van der Waals surface area contributed by atoms with Crippen molar-refractivity contribution in [2.24, 2.45) is 0 Å². The van der Waals surface area contributed by atoms with E-state index in [4.69, 9.17) is 0 Å². The van der Waals surface area contributed by atoms with E-state index in [1.165, 1.54) is 0 Å². The summed E-state index contributed by atoms with van der Waals surface area (Å²) in [5, 5.41) is 2.86. The van der Waals surface area contributed by atoms with Gasteiger partial charge < -0.3 is 10.3 Å². The van der Waals surface area contributed by atoms with E-state index in [0.717, 1.165) is 6.42 Å². The van der Waals surface area contributed by atoms with Crippen LogP contribution in [0.1, 0.15) is 46.7 Å². The van der Waals surface area contributed by atoms with Crippen LogP contribution in [0.25, 0.3) is 0 Å². The van der Waals surface area contributed by atoms with E-state index in [1.54, 1.807) is 24.4 Å². The van der Waals surface area contributed by atoms with E-state index in [9.17, 15) is 9.59 Å². The molecule has 1 aromatic carbocycles. The van der Waals surface area contributed by atoms with Crippen LogP contribution in [0, 0.1) is 0 Å². The molecule has 1 aromatic heterocycles. The number of amides is 1. The smallest absolute Gasteiger partial charge is 0.267 e.